The van der Waals surface area contributed by atoms with Gasteiger partial charge < -0.3 is 9.64 Å². The van der Waals surface area contributed by atoms with E-state index in [0.29, 0.717) is 36.8 Å². The van der Waals surface area contributed by atoms with Gasteiger partial charge in [0, 0.05) is 36.8 Å². The molecule has 1 heterocycles. The highest BCUT2D eigenvalue weighted by atomic mass is 35.5. The molecule has 1 amide bonds. The molecule has 1 fully saturated rings. The Bertz CT molecular complexity index is 956. The first-order valence-electron chi connectivity index (χ1n) is 9.44. The molecule has 9 heteroatoms. The highest BCUT2D eigenvalue weighted by molar-refractivity contribution is 6.30. The number of hydrogen-bond acceptors (Lipinski definition) is 6. The molecule has 3 rings (SSSR count). The van der Waals surface area contributed by atoms with Gasteiger partial charge in [0.25, 0.3) is 11.6 Å². The minimum absolute atomic E-state index is 0.0793. The van der Waals surface area contributed by atoms with Crippen molar-refractivity contribution in [2.75, 3.05) is 33.3 Å². The zero-order valence-corrected chi connectivity index (χ0v) is 17.5. The number of nitrogens with zero attached hydrogens (tertiary/aromatic N) is 3. The summed E-state index contributed by atoms with van der Waals surface area (Å²) in [5.41, 5.74) is 1.10. The quantitative estimate of drug-likeness (QED) is 0.410. The third-order valence-electron chi connectivity index (χ3n) is 5.23. The lowest BCUT2D eigenvalue weighted by atomic mass is 10.0. The number of aryl methyl sites for hydroxylation is 1. The van der Waals surface area contributed by atoms with Gasteiger partial charge in [0.1, 0.15) is 11.6 Å². The number of amides is 1. The van der Waals surface area contributed by atoms with Crippen molar-refractivity contribution in [3.8, 4) is 0 Å². The first-order chi connectivity index (χ1) is 14.3. The first-order valence-corrected chi connectivity index (χ1v) is 9.82. The van der Waals surface area contributed by atoms with E-state index >= 15 is 0 Å². The van der Waals surface area contributed by atoms with Crippen molar-refractivity contribution in [3.05, 3.63) is 74.3 Å². The molecule has 1 aliphatic heterocycles. The average Bonchev–Trinajstić information content (AvgIpc) is 2.74. The second kappa shape index (κ2) is 9.23. The van der Waals surface area contributed by atoms with Crippen LogP contribution in [0.25, 0.3) is 0 Å². The van der Waals surface area contributed by atoms with E-state index < -0.39 is 16.9 Å². The molecule has 1 saturated heterocycles. The number of hydrogen-bond donors (Lipinski definition) is 0. The molecule has 30 heavy (non-hydrogen) atoms. The highest BCUT2D eigenvalue weighted by Crippen LogP contribution is 2.28. The summed E-state index contributed by atoms with van der Waals surface area (Å²) >= 11 is 5.95. The number of carbonyl (C=O) groups is 2. The lowest BCUT2D eigenvalue weighted by Crippen LogP contribution is -2.51. The largest absolute Gasteiger partial charge is 0.468 e. The maximum atomic E-state index is 12.9. The number of carbonyl (C=O) groups excluding carboxylic acids is 2. The lowest BCUT2D eigenvalue weighted by Gasteiger charge is -2.38. The van der Waals surface area contributed by atoms with Crippen molar-refractivity contribution < 1.29 is 19.2 Å². The number of piperazine rings is 1. The van der Waals surface area contributed by atoms with Crippen molar-refractivity contribution in [1.29, 1.82) is 0 Å². The summed E-state index contributed by atoms with van der Waals surface area (Å²) in [7, 11) is 1.34. The van der Waals surface area contributed by atoms with E-state index in [1.165, 1.54) is 13.2 Å². The standard InChI is InChI=1S/C21H22ClN3O5/c1-14-4-3-5-17(18(14)25(28)29)20(26)24-12-10-23(11-13-24)19(21(27)30-2)15-6-8-16(22)9-7-15/h3-9,19H,10-13H2,1-2H3. The van der Waals surface area contributed by atoms with Gasteiger partial charge in [0.2, 0.25) is 0 Å². The van der Waals surface area contributed by atoms with Crippen LogP contribution in [0.4, 0.5) is 5.69 Å². The van der Waals surface area contributed by atoms with Gasteiger partial charge in [-0.1, -0.05) is 35.9 Å². The number of benzene rings is 2. The van der Waals surface area contributed by atoms with Crippen LogP contribution in [0.3, 0.4) is 0 Å². The summed E-state index contributed by atoms with van der Waals surface area (Å²) in [5, 5.41) is 12.0. The van der Waals surface area contributed by atoms with Crippen LogP contribution >= 0.6 is 11.6 Å². The number of nitro benzene ring substituents is 1. The number of rotatable bonds is 5. The van der Waals surface area contributed by atoms with Gasteiger partial charge in [0.15, 0.2) is 0 Å². The van der Waals surface area contributed by atoms with E-state index in [1.807, 2.05) is 4.90 Å². The van der Waals surface area contributed by atoms with Crippen LogP contribution < -0.4 is 0 Å². The summed E-state index contributed by atoms with van der Waals surface area (Å²) in [5.74, 6) is -0.780. The maximum absolute atomic E-state index is 12.9. The molecule has 1 unspecified atom stereocenters. The molecule has 8 nitrogen and oxygen atoms in total. The molecule has 0 spiro atoms. The second-order valence-corrected chi connectivity index (χ2v) is 7.47. The topological polar surface area (TPSA) is 93.0 Å². The Labute approximate surface area is 179 Å². The Morgan fingerprint density at radius 1 is 1.10 bits per heavy atom. The SMILES string of the molecule is COC(=O)C(c1ccc(Cl)cc1)N1CCN(C(=O)c2cccc(C)c2[N+](=O)[O-])CC1. The minimum Gasteiger partial charge on any atom is -0.468 e. The average molecular weight is 432 g/mol. The Morgan fingerprint density at radius 3 is 2.30 bits per heavy atom. The summed E-state index contributed by atoms with van der Waals surface area (Å²) in [6.45, 7) is 3.14. The van der Waals surface area contributed by atoms with Gasteiger partial charge in [0.05, 0.1) is 12.0 Å². The molecule has 158 valence electrons. The first kappa shape index (κ1) is 21.7. The molecule has 0 bridgehead atoms. The zero-order chi connectivity index (χ0) is 21.8. The molecule has 0 saturated carbocycles. The van der Waals surface area contributed by atoms with Gasteiger partial charge in [-0.3, -0.25) is 19.8 Å². The van der Waals surface area contributed by atoms with E-state index in [0.717, 1.165) is 5.56 Å². The van der Waals surface area contributed by atoms with Crippen LogP contribution in [0.5, 0.6) is 0 Å². The van der Waals surface area contributed by atoms with E-state index in [1.54, 1.807) is 48.2 Å². The molecule has 0 radical (unpaired) electrons. The number of para-hydroxylation sites is 1. The predicted molar refractivity (Wildman–Crippen MR) is 112 cm³/mol. The molecule has 1 aliphatic rings. The van der Waals surface area contributed by atoms with E-state index in [-0.39, 0.29) is 17.2 Å². The smallest absolute Gasteiger partial charge is 0.327 e. The Morgan fingerprint density at radius 2 is 1.73 bits per heavy atom. The Balaban J connectivity index is 1.77. The summed E-state index contributed by atoms with van der Waals surface area (Å²) in [6.07, 6.45) is 0. The van der Waals surface area contributed by atoms with Crippen LogP contribution in [-0.4, -0.2) is 59.9 Å². The van der Waals surface area contributed by atoms with Crippen molar-refractivity contribution in [2.45, 2.75) is 13.0 Å². The van der Waals surface area contributed by atoms with Crippen LogP contribution in [0.15, 0.2) is 42.5 Å². The van der Waals surface area contributed by atoms with Crippen LogP contribution in [0.1, 0.15) is 27.5 Å². The Hall–Kier alpha value is -2.97. The number of methoxy groups -OCH3 is 1. The molecule has 0 N–H and O–H groups in total. The normalized spacial score (nSPS) is 15.5. The third kappa shape index (κ3) is 4.44. The fourth-order valence-electron chi connectivity index (χ4n) is 3.68. The van der Waals surface area contributed by atoms with Crippen LogP contribution in [0.2, 0.25) is 5.02 Å². The molecule has 0 aromatic heterocycles. The van der Waals surface area contributed by atoms with Crippen molar-refractivity contribution in [1.82, 2.24) is 9.80 Å². The van der Waals surface area contributed by atoms with Gasteiger partial charge in [-0.15, -0.1) is 0 Å². The Kier molecular flexibility index (Phi) is 6.69. The summed E-state index contributed by atoms with van der Waals surface area (Å²) in [6, 6.07) is 11.1. The molecule has 2 aromatic rings. The second-order valence-electron chi connectivity index (χ2n) is 7.03. The van der Waals surface area contributed by atoms with Gasteiger partial charge in [-0.2, -0.15) is 0 Å². The van der Waals surface area contributed by atoms with Crippen LogP contribution in [-0.2, 0) is 9.53 Å². The fraction of sp³-hybridized carbons (Fsp3) is 0.333. The molecule has 0 aliphatic carbocycles. The molecule has 2 aromatic carbocycles. The van der Waals surface area contributed by atoms with Gasteiger partial charge in [-0.25, -0.2) is 4.79 Å². The lowest BCUT2D eigenvalue weighted by molar-refractivity contribution is -0.385. The van der Waals surface area contributed by atoms with E-state index in [9.17, 15) is 19.7 Å². The van der Waals surface area contributed by atoms with Crippen molar-refractivity contribution in [2.24, 2.45) is 0 Å². The molecule has 1 atom stereocenters. The summed E-state index contributed by atoms with van der Waals surface area (Å²) in [4.78, 5) is 39.8. The monoisotopic (exact) mass is 431 g/mol. The van der Waals surface area contributed by atoms with E-state index in [2.05, 4.69) is 0 Å². The number of nitro groups is 1. The van der Waals surface area contributed by atoms with Crippen molar-refractivity contribution >= 4 is 29.2 Å². The number of halogens is 1. The third-order valence-corrected chi connectivity index (χ3v) is 5.48. The minimum atomic E-state index is -0.613. The van der Waals surface area contributed by atoms with Crippen molar-refractivity contribution in [3.63, 3.8) is 0 Å². The molecular formula is C21H22ClN3O5. The van der Waals surface area contributed by atoms with Gasteiger partial charge >= 0.3 is 5.97 Å². The zero-order valence-electron chi connectivity index (χ0n) is 16.7. The highest BCUT2D eigenvalue weighted by Gasteiger charge is 2.34. The molecular weight excluding hydrogens is 410 g/mol. The van der Waals surface area contributed by atoms with E-state index in [4.69, 9.17) is 16.3 Å². The summed E-state index contributed by atoms with van der Waals surface area (Å²) < 4.78 is 4.98. The van der Waals surface area contributed by atoms with Crippen LogP contribution in [0, 0.1) is 17.0 Å². The predicted octanol–water partition coefficient (Wildman–Crippen LogP) is 3.23. The fourth-order valence-corrected chi connectivity index (χ4v) is 3.81. The number of ether oxygens (including phenoxy) is 1. The van der Waals surface area contributed by atoms with Gasteiger partial charge in [-0.05, 0) is 30.7 Å². The number of esters is 1. The maximum Gasteiger partial charge on any atom is 0.327 e.